The first kappa shape index (κ1) is 16.7. The van der Waals surface area contributed by atoms with Crippen LogP contribution >= 0.6 is 0 Å². The van der Waals surface area contributed by atoms with Crippen LogP contribution in [0, 0.1) is 11.3 Å². The highest BCUT2D eigenvalue weighted by atomic mass is 16.4. The number of aliphatic hydroxyl groups is 1. The fourth-order valence-corrected chi connectivity index (χ4v) is 1.02. The first-order valence-electron chi connectivity index (χ1n) is 6.09. The minimum absolute atomic E-state index is 0.00207. The Bertz CT molecular complexity index is 290. The van der Waals surface area contributed by atoms with Crippen molar-refractivity contribution in [1.29, 1.82) is 0 Å². The van der Waals surface area contributed by atoms with E-state index in [4.69, 9.17) is 10.2 Å². The van der Waals surface area contributed by atoms with E-state index in [1.165, 1.54) is 0 Å². The Morgan fingerprint density at radius 2 is 1.78 bits per heavy atom. The van der Waals surface area contributed by atoms with Gasteiger partial charge >= 0.3 is 12.0 Å². The molecule has 2 amide bonds. The van der Waals surface area contributed by atoms with E-state index in [-0.39, 0.29) is 24.4 Å². The quantitative estimate of drug-likeness (QED) is 0.544. The van der Waals surface area contributed by atoms with E-state index in [1.54, 1.807) is 0 Å². The number of hydrogen-bond acceptors (Lipinski definition) is 3. The first-order valence-corrected chi connectivity index (χ1v) is 6.09. The van der Waals surface area contributed by atoms with Crippen LogP contribution in [0.4, 0.5) is 4.79 Å². The summed E-state index contributed by atoms with van der Waals surface area (Å²) in [7, 11) is 0. The van der Waals surface area contributed by atoms with Crippen LogP contribution in [0.2, 0.25) is 0 Å². The van der Waals surface area contributed by atoms with Crippen molar-refractivity contribution in [3.8, 4) is 0 Å². The van der Waals surface area contributed by atoms with Gasteiger partial charge in [-0.3, -0.25) is 0 Å². The van der Waals surface area contributed by atoms with Gasteiger partial charge in [0.05, 0.1) is 0 Å². The largest absolute Gasteiger partial charge is 0.479 e. The van der Waals surface area contributed by atoms with Crippen molar-refractivity contribution in [3.63, 3.8) is 0 Å². The second-order valence-electron chi connectivity index (χ2n) is 5.40. The van der Waals surface area contributed by atoms with Crippen LogP contribution in [0.5, 0.6) is 0 Å². The minimum atomic E-state index is -1.43. The summed E-state index contributed by atoms with van der Waals surface area (Å²) in [6.07, 6.45) is -1.44. The van der Waals surface area contributed by atoms with E-state index in [1.807, 2.05) is 0 Å². The SMILES string of the molecule is CC(C)C(C)(C)CNC(=O)NCCC(O)C(=O)O. The van der Waals surface area contributed by atoms with Gasteiger partial charge in [0, 0.05) is 19.5 Å². The van der Waals surface area contributed by atoms with E-state index in [0.29, 0.717) is 12.5 Å². The van der Waals surface area contributed by atoms with Crippen molar-refractivity contribution in [2.24, 2.45) is 11.3 Å². The number of nitrogens with one attached hydrogen (secondary N) is 2. The molecular weight excluding hydrogens is 236 g/mol. The Morgan fingerprint density at radius 3 is 2.22 bits per heavy atom. The molecule has 0 aliphatic heterocycles. The van der Waals surface area contributed by atoms with Gasteiger partial charge in [-0.05, 0) is 11.3 Å². The van der Waals surface area contributed by atoms with Crippen LogP contribution in [0.3, 0.4) is 0 Å². The summed E-state index contributed by atoms with van der Waals surface area (Å²) >= 11 is 0. The lowest BCUT2D eigenvalue weighted by Crippen LogP contribution is -2.43. The highest BCUT2D eigenvalue weighted by molar-refractivity contribution is 5.74. The molecular formula is C12H24N2O4. The molecule has 0 heterocycles. The van der Waals surface area contributed by atoms with Gasteiger partial charge in [-0.15, -0.1) is 0 Å². The molecule has 0 aromatic rings. The summed E-state index contributed by atoms with van der Waals surface area (Å²) in [5.41, 5.74) is -0.00207. The average Bonchev–Trinajstić information content (AvgIpc) is 2.26. The third kappa shape index (κ3) is 6.44. The number of carboxylic acids is 1. The van der Waals surface area contributed by atoms with Gasteiger partial charge in [0.1, 0.15) is 0 Å². The Hall–Kier alpha value is -1.30. The molecule has 0 fully saturated rings. The van der Waals surface area contributed by atoms with Crippen molar-refractivity contribution in [1.82, 2.24) is 10.6 Å². The normalized spacial score (nSPS) is 13.2. The first-order chi connectivity index (χ1) is 8.16. The lowest BCUT2D eigenvalue weighted by molar-refractivity contribution is -0.146. The lowest BCUT2D eigenvalue weighted by Gasteiger charge is -2.29. The zero-order valence-electron chi connectivity index (χ0n) is 11.5. The number of urea groups is 1. The Kier molecular flexibility index (Phi) is 6.68. The van der Waals surface area contributed by atoms with Crippen LogP contribution in [0.15, 0.2) is 0 Å². The van der Waals surface area contributed by atoms with E-state index < -0.39 is 12.1 Å². The van der Waals surface area contributed by atoms with Gasteiger partial charge in [0.15, 0.2) is 6.10 Å². The van der Waals surface area contributed by atoms with Gasteiger partial charge in [-0.25, -0.2) is 9.59 Å². The Morgan fingerprint density at radius 1 is 1.22 bits per heavy atom. The van der Waals surface area contributed by atoms with Crippen LogP contribution in [0.1, 0.15) is 34.1 Å². The Balaban J connectivity index is 3.83. The van der Waals surface area contributed by atoms with Gasteiger partial charge in [0.25, 0.3) is 0 Å². The topological polar surface area (TPSA) is 98.7 Å². The molecule has 0 aliphatic rings. The lowest BCUT2D eigenvalue weighted by atomic mass is 9.81. The summed E-state index contributed by atoms with van der Waals surface area (Å²) in [6.45, 7) is 8.96. The number of aliphatic carboxylic acids is 1. The maximum Gasteiger partial charge on any atom is 0.332 e. The van der Waals surface area contributed by atoms with Gasteiger partial charge in [-0.2, -0.15) is 0 Å². The summed E-state index contributed by atoms with van der Waals surface area (Å²) in [6, 6.07) is -0.346. The molecule has 0 bridgehead atoms. The van der Waals surface area contributed by atoms with E-state index in [2.05, 4.69) is 38.3 Å². The van der Waals surface area contributed by atoms with Crippen molar-refractivity contribution in [3.05, 3.63) is 0 Å². The number of carbonyl (C=O) groups is 2. The highest BCUT2D eigenvalue weighted by Crippen LogP contribution is 2.24. The molecule has 0 aliphatic carbocycles. The second-order valence-corrected chi connectivity index (χ2v) is 5.40. The molecule has 0 radical (unpaired) electrons. The number of amides is 2. The number of carbonyl (C=O) groups excluding carboxylic acids is 1. The molecule has 0 saturated carbocycles. The minimum Gasteiger partial charge on any atom is -0.479 e. The molecule has 18 heavy (non-hydrogen) atoms. The third-order valence-corrected chi connectivity index (χ3v) is 3.26. The molecule has 6 heteroatoms. The van der Waals surface area contributed by atoms with Crippen molar-refractivity contribution >= 4 is 12.0 Å². The van der Waals surface area contributed by atoms with Gasteiger partial charge < -0.3 is 20.8 Å². The Labute approximate surface area is 108 Å². The van der Waals surface area contributed by atoms with Crippen molar-refractivity contribution < 1.29 is 19.8 Å². The fraction of sp³-hybridized carbons (Fsp3) is 0.833. The van der Waals surface area contributed by atoms with E-state index >= 15 is 0 Å². The number of rotatable bonds is 7. The number of aliphatic hydroxyl groups excluding tert-OH is 1. The standard InChI is InChI=1S/C12H24N2O4/c1-8(2)12(3,4)7-14-11(18)13-6-5-9(15)10(16)17/h8-9,15H,5-7H2,1-4H3,(H,16,17)(H2,13,14,18). The summed E-state index contributed by atoms with van der Waals surface area (Å²) < 4.78 is 0. The monoisotopic (exact) mass is 260 g/mol. The predicted molar refractivity (Wildman–Crippen MR) is 68.3 cm³/mol. The summed E-state index contributed by atoms with van der Waals surface area (Å²) in [4.78, 5) is 21.7. The molecule has 4 N–H and O–H groups in total. The smallest absolute Gasteiger partial charge is 0.332 e. The molecule has 1 atom stereocenters. The fourth-order valence-electron chi connectivity index (χ4n) is 1.02. The van der Waals surface area contributed by atoms with Crippen molar-refractivity contribution in [2.75, 3.05) is 13.1 Å². The molecule has 0 aromatic carbocycles. The average molecular weight is 260 g/mol. The molecule has 106 valence electrons. The molecule has 0 saturated heterocycles. The molecule has 6 nitrogen and oxygen atoms in total. The summed E-state index contributed by atoms with van der Waals surface area (Å²) in [5, 5.41) is 22.7. The van der Waals surface area contributed by atoms with Gasteiger partial charge in [-0.1, -0.05) is 27.7 Å². The van der Waals surface area contributed by atoms with Crippen LogP contribution in [-0.2, 0) is 4.79 Å². The zero-order chi connectivity index (χ0) is 14.3. The predicted octanol–water partition coefficient (Wildman–Crippen LogP) is 0.803. The molecule has 0 spiro atoms. The highest BCUT2D eigenvalue weighted by Gasteiger charge is 2.22. The third-order valence-electron chi connectivity index (χ3n) is 3.26. The maximum absolute atomic E-state index is 11.4. The van der Waals surface area contributed by atoms with Crippen LogP contribution in [-0.4, -0.2) is 41.4 Å². The van der Waals surface area contributed by atoms with Crippen LogP contribution < -0.4 is 10.6 Å². The molecule has 1 unspecified atom stereocenters. The number of hydrogen-bond donors (Lipinski definition) is 4. The molecule has 0 aromatic heterocycles. The second kappa shape index (κ2) is 7.20. The van der Waals surface area contributed by atoms with Gasteiger partial charge in [0.2, 0.25) is 0 Å². The van der Waals surface area contributed by atoms with E-state index in [0.717, 1.165) is 0 Å². The summed E-state index contributed by atoms with van der Waals surface area (Å²) in [5.74, 6) is -0.843. The van der Waals surface area contributed by atoms with E-state index in [9.17, 15) is 9.59 Å². The zero-order valence-corrected chi connectivity index (χ0v) is 11.5. The maximum atomic E-state index is 11.4. The number of carboxylic acid groups (broad SMARTS) is 1. The molecule has 0 rings (SSSR count). The van der Waals surface area contributed by atoms with Crippen LogP contribution in [0.25, 0.3) is 0 Å². The van der Waals surface area contributed by atoms with Crippen molar-refractivity contribution in [2.45, 2.75) is 40.2 Å².